The van der Waals surface area contributed by atoms with Crippen molar-refractivity contribution >= 4 is 22.5 Å². The summed E-state index contributed by atoms with van der Waals surface area (Å²) in [5, 5.41) is 1.79. The fraction of sp³-hybridized carbons (Fsp3) is 0.100. The number of aromatic nitrogens is 1. The van der Waals surface area contributed by atoms with E-state index in [2.05, 4.69) is 4.98 Å². The molecule has 2 nitrogen and oxygen atoms in total. The minimum absolute atomic E-state index is 0.461. The Balaban J connectivity index is 2.68. The van der Waals surface area contributed by atoms with Gasteiger partial charge < -0.3 is 5.73 Å². The van der Waals surface area contributed by atoms with Crippen LogP contribution in [0, 0.1) is 0 Å². The smallest absolute Gasteiger partial charge is 0.0720 e. The molecule has 0 radical (unpaired) electrons. The molecule has 1 heterocycles. The Morgan fingerprint density at radius 1 is 1.23 bits per heavy atom. The highest BCUT2D eigenvalue weighted by Gasteiger charge is 1.97. The molecule has 0 amide bonds. The van der Waals surface area contributed by atoms with Crippen molar-refractivity contribution in [2.45, 2.75) is 6.54 Å². The van der Waals surface area contributed by atoms with Gasteiger partial charge in [-0.2, -0.15) is 0 Å². The van der Waals surface area contributed by atoms with Crippen molar-refractivity contribution in [1.82, 2.24) is 4.98 Å². The lowest BCUT2D eigenvalue weighted by atomic mass is 10.2. The first-order chi connectivity index (χ1) is 6.29. The van der Waals surface area contributed by atoms with Gasteiger partial charge in [-0.05, 0) is 18.2 Å². The number of benzene rings is 1. The normalized spacial score (nSPS) is 10.6. The van der Waals surface area contributed by atoms with Gasteiger partial charge in [-0.15, -0.1) is 0 Å². The van der Waals surface area contributed by atoms with Crippen LogP contribution in [0.2, 0.25) is 5.02 Å². The molecule has 2 N–H and O–H groups in total. The summed E-state index contributed by atoms with van der Waals surface area (Å²) in [5.41, 5.74) is 7.27. The predicted octanol–water partition coefficient (Wildman–Crippen LogP) is 2.35. The lowest BCUT2D eigenvalue weighted by Gasteiger charge is -2.00. The summed E-state index contributed by atoms with van der Waals surface area (Å²) in [5.74, 6) is 0. The summed E-state index contributed by atoms with van der Waals surface area (Å²) in [6, 6.07) is 9.58. The minimum Gasteiger partial charge on any atom is -0.325 e. The second kappa shape index (κ2) is 3.32. The van der Waals surface area contributed by atoms with E-state index in [1.54, 1.807) is 0 Å². The fourth-order valence-electron chi connectivity index (χ4n) is 1.25. The van der Waals surface area contributed by atoms with E-state index < -0.39 is 0 Å². The zero-order valence-electron chi connectivity index (χ0n) is 7.00. The van der Waals surface area contributed by atoms with Crippen molar-refractivity contribution in [1.29, 1.82) is 0 Å². The highest BCUT2D eigenvalue weighted by atomic mass is 35.5. The first kappa shape index (κ1) is 8.48. The molecular formula is C10H9ClN2. The lowest BCUT2D eigenvalue weighted by molar-refractivity contribution is 1.01. The van der Waals surface area contributed by atoms with Gasteiger partial charge in [0.2, 0.25) is 0 Å². The number of nitrogens with zero attached hydrogens (tertiary/aromatic N) is 1. The second-order valence-corrected chi connectivity index (χ2v) is 3.28. The molecule has 0 bridgehead atoms. The SMILES string of the molecule is NCc1ccc2ccc(Cl)cc2n1. The number of pyridine rings is 1. The van der Waals surface area contributed by atoms with E-state index in [0.717, 1.165) is 16.6 Å². The minimum atomic E-state index is 0.461. The summed E-state index contributed by atoms with van der Waals surface area (Å²) in [4.78, 5) is 4.35. The standard InChI is InChI=1S/C10H9ClN2/c11-8-3-1-7-2-4-9(6-12)13-10(7)5-8/h1-5H,6,12H2. The third-order valence-electron chi connectivity index (χ3n) is 1.92. The largest absolute Gasteiger partial charge is 0.325 e. The summed E-state index contributed by atoms with van der Waals surface area (Å²) in [6.45, 7) is 0.461. The molecule has 0 spiro atoms. The Morgan fingerprint density at radius 2 is 2.00 bits per heavy atom. The van der Waals surface area contributed by atoms with Crippen LogP contribution < -0.4 is 5.73 Å². The second-order valence-electron chi connectivity index (χ2n) is 2.84. The lowest BCUT2D eigenvalue weighted by Crippen LogP contribution is -1.98. The molecule has 0 fully saturated rings. The molecular weight excluding hydrogens is 184 g/mol. The Hall–Kier alpha value is -1.12. The summed E-state index contributed by atoms with van der Waals surface area (Å²) < 4.78 is 0. The fourth-order valence-corrected chi connectivity index (χ4v) is 1.41. The first-order valence-electron chi connectivity index (χ1n) is 4.05. The number of hydrogen-bond acceptors (Lipinski definition) is 2. The van der Waals surface area contributed by atoms with Crippen LogP contribution in [0.1, 0.15) is 5.69 Å². The van der Waals surface area contributed by atoms with Crippen LogP contribution in [-0.2, 0) is 6.54 Å². The topological polar surface area (TPSA) is 38.9 Å². The maximum Gasteiger partial charge on any atom is 0.0720 e. The van der Waals surface area contributed by atoms with Gasteiger partial charge in [0.05, 0.1) is 11.2 Å². The molecule has 3 heteroatoms. The van der Waals surface area contributed by atoms with Gasteiger partial charge in [0.15, 0.2) is 0 Å². The molecule has 13 heavy (non-hydrogen) atoms. The zero-order chi connectivity index (χ0) is 9.26. The molecule has 0 atom stereocenters. The van der Waals surface area contributed by atoms with E-state index in [0.29, 0.717) is 11.6 Å². The molecule has 1 aromatic heterocycles. The molecule has 2 rings (SSSR count). The van der Waals surface area contributed by atoms with Gasteiger partial charge in [-0.1, -0.05) is 23.7 Å². The molecule has 66 valence electrons. The molecule has 0 unspecified atom stereocenters. The third-order valence-corrected chi connectivity index (χ3v) is 2.16. The van der Waals surface area contributed by atoms with Crippen LogP contribution in [0.4, 0.5) is 0 Å². The highest BCUT2D eigenvalue weighted by Crippen LogP contribution is 2.17. The summed E-state index contributed by atoms with van der Waals surface area (Å²) in [6.07, 6.45) is 0. The maximum atomic E-state index is 5.84. The van der Waals surface area contributed by atoms with Gasteiger partial charge in [-0.3, -0.25) is 4.98 Å². The monoisotopic (exact) mass is 192 g/mol. The van der Waals surface area contributed by atoms with Gasteiger partial charge >= 0.3 is 0 Å². The number of fused-ring (bicyclic) bond motifs is 1. The zero-order valence-corrected chi connectivity index (χ0v) is 7.75. The van der Waals surface area contributed by atoms with Crippen molar-refractivity contribution in [2.75, 3.05) is 0 Å². The van der Waals surface area contributed by atoms with Crippen LogP contribution in [0.15, 0.2) is 30.3 Å². The summed E-state index contributed by atoms with van der Waals surface area (Å²) in [7, 11) is 0. The Labute approximate surface area is 81.3 Å². The molecule has 0 aliphatic rings. The van der Waals surface area contributed by atoms with E-state index in [4.69, 9.17) is 17.3 Å². The van der Waals surface area contributed by atoms with Crippen molar-refractivity contribution < 1.29 is 0 Å². The van der Waals surface area contributed by atoms with Crippen molar-refractivity contribution in [3.05, 3.63) is 41.0 Å². The van der Waals surface area contributed by atoms with Crippen molar-refractivity contribution in [3.63, 3.8) is 0 Å². The van der Waals surface area contributed by atoms with Gasteiger partial charge in [0.1, 0.15) is 0 Å². The average molecular weight is 193 g/mol. The summed E-state index contributed by atoms with van der Waals surface area (Å²) >= 11 is 5.84. The Morgan fingerprint density at radius 3 is 2.77 bits per heavy atom. The number of hydrogen-bond donors (Lipinski definition) is 1. The maximum absolute atomic E-state index is 5.84. The Kier molecular flexibility index (Phi) is 2.17. The van der Waals surface area contributed by atoms with Gasteiger partial charge in [-0.25, -0.2) is 0 Å². The molecule has 1 aromatic carbocycles. The number of halogens is 1. The number of rotatable bonds is 1. The highest BCUT2D eigenvalue weighted by molar-refractivity contribution is 6.31. The third kappa shape index (κ3) is 1.64. The molecule has 0 saturated carbocycles. The predicted molar refractivity (Wildman–Crippen MR) is 54.6 cm³/mol. The van der Waals surface area contributed by atoms with Crippen LogP contribution in [0.3, 0.4) is 0 Å². The molecule has 2 aromatic rings. The van der Waals surface area contributed by atoms with Crippen LogP contribution in [0.25, 0.3) is 10.9 Å². The first-order valence-corrected chi connectivity index (χ1v) is 4.42. The number of nitrogens with two attached hydrogens (primary N) is 1. The van der Waals surface area contributed by atoms with E-state index in [1.807, 2.05) is 30.3 Å². The van der Waals surface area contributed by atoms with Gasteiger partial charge in [0, 0.05) is 17.0 Å². The van der Waals surface area contributed by atoms with Crippen LogP contribution >= 0.6 is 11.6 Å². The molecule has 0 aliphatic carbocycles. The quantitative estimate of drug-likeness (QED) is 0.754. The van der Waals surface area contributed by atoms with Crippen LogP contribution in [-0.4, -0.2) is 4.98 Å². The van der Waals surface area contributed by atoms with Crippen molar-refractivity contribution in [2.24, 2.45) is 5.73 Å². The average Bonchev–Trinajstić information content (AvgIpc) is 2.16. The van der Waals surface area contributed by atoms with Gasteiger partial charge in [0.25, 0.3) is 0 Å². The molecule has 0 saturated heterocycles. The Bertz CT molecular complexity index is 440. The van der Waals surface area contributed by atoms with E-state index >= 15 is 0 Å². The molecule has 0 aliphatic heterocycles. The van der Waals surface area contributed by atoms with E-state index in [9.17, 15) is 0 Å². The van der Waals surface area contributed by atoms with Crippen molar-refractivity contribution in [3.8, 4) is 0 Å². The van der Waals surface area contributed by atoms with Crippen LogP contribution in [0.5, 0.6) is 0 Å². The van der Waals surface area contributed by atoms with E-state index in [-0.39, 0.29) is 0 Å². The van der Waals surface area contributed by atoms with E-state index in [1.165, 1.54) is 0 Å².